The van der Waals surface area contributed by atoms with Gasteiger partial charge in [-0.15, -0.1) is 0 Å². The van der Waals surface area contributed by atoms with E-state index in [0.717, 1.165) is 5.56 Å². The van der Waals surface area contributed by atoms with Crippen LogP contribution in [0.5, 0.6) is 0 Å². The molecule has 0 fully saturated rings. The summed E-state index contributed by atoms with van der Waals surface area (Å²) in [5.41, 5.74) is 2.96. The molecule has 4 aromatic rings. The van der Waals surface area contributed by atoms with E-state index >= 15 is 0 Å². The number of hydrogen-bond acceptors (Lipinski definition) is 5. The third-order valence-corrected chi connectivity index (χ3v) is 6.16. The molecule has 0 bridgehead atoms. The van der Waals surface area contributed by atoms with Crippen LogP contribution in [0, 0.1) is 5.82 Å². The summed E-state index contributed by atoms with van der Waals surface area (Å²) < 4.78 is 13.1. The number of hydrogen-bond donors (Lipinski definition) is 2. The number of H-pyrrole nitrogens is 1. The van der Waals surface area contributed by atoms with Crippen molar-refractivity contribution in [2.45, 2.75) is 5.16 Å². The smallest absolute Gasteiger partial charge is 0.234 e. The van der Waals surface area contributed by atoms with E-state index in [0.29, 0.717) is 27.7 Å². The first-order valence-corrected chi connectivity index (χ1v) is 11.0. The van der Waals surface area contributed by atoms with Crippen molar-refractivity contribution in [1.82, 2.24) is 9.97 Å². The predicted molar refractivity (Wildman–Crippen MR) is 123 cm³/mol. The summed E-state index contributed by atoms with van der Waals surface area (Å²) in [7, 11) is 0. The van der Waals surface area contributed by atoms with Gasteiger partial charge in [0.15, 0.2) is 16.7 Å². The first-order chi connectivity index (χ1) is 16.0. The molecule has 0 saturated heterocycles. The lowest BCUT2D eigenvalue weighted by molar-refractivity contribution is -0.113. The Morgan fingerprint density at radius 1 is 0.909 bits per heavy atom. The van der Waals surface area contributed by atoms with Crippen molar-refractivity contribution >= 4 is 34.9 Å². The summed E-state index contributed by atoms with van der Waals surface area (Å²) in [6.45, 7) is 0. The maximum Gasteiger partial charge on any atom is 0.234 e. The molecule has 1 aliphatic rings. The molecule has 0 saturated carbocycles. The molecule has 0 atom stereocenters. The van der Waals surface area contributed by atoms with E-state index in [2.05, 4.69) is 15.3 Å². The molecule has 0 radical (unpaired) electrons. The number of nitrogens with zero attached hydrogens (tertiary/aromatic N) is 1. The number of nitrogens with one attached hydrogen (secondary N) is 2. The van der Waals surface area contributed by atoms with Crippen LogP contribution in [0.1, 0.15) is 31.8 Å². The molecule has 0 unspecified atom stereocenters. The number of aromatic nitrogens is 2. The topological polar surface area (TPSA) is 91.9 Å². The molecule has 2 N–H and O–H groups in total. The highest BCUT2D eigenvalue weighted by Gasteiger charge is 2.31. The maximum absolute atomic E-state index is 13.1. The Hall–Kier alpha value is -4.04. The van der Waals surface area contributed by atoms with Gasteiger partial charge in [-0.2, -0.15) is 0 Å². The number of carbonyl (C=O) groups excluding carboxylic acids is 3. The highest BCUT2D eigenvalue weighted by atomic mass is 32.2. The van der Waals surface area contributed by atoms with Crippen LogP contribution in [-0.4, -0.2) is 33.2 Å². The first-order valence-electron chi connectivity index (χ1n) is 10.1. The van der Waals surface area contributed by atoms with Gasteiger partial charge in [-0.25, -0.2) is 9.37 Å². The summed E-state index contributed by atoms with van der Waals surface area (Å²) in [5, 5.41) is 3.28. The lowest BCUT2D eigenvalue weighted by Crippen LogP contribution is -2.24. The molecular weight excluding hydrogens is 441 g/mol. The minimum absolute atomic E-state index is 0.0404. The Morgan fingerprint density at radius 3 is 2.36 bits per heavy atom. The molecule has 5 rings (SSSR count). The fourth-order valence-electron chi connectivity index (χ4n) is 3.72. The highest BCUT2D eigenvalue weighted by molar-refractivity contribution is 7.99. The quantitative estimate of drug-likeness (QED) is 0.373. The van der Waals surface area contributed by atoms with E-state index in [-0.39, 0.29) is 40.2 Å². The third kappa shape index (κ3) is 3.96. The standard InChI is InChI=1S/C25H16FN3O3S/c26-15-10-8-14(9-11-15)20-12-27-25(29-20)33-13-21(30)28-19-7-3-6-18-22(19)24(32)17-5-2-1-4-16(17)23(18)31/h1-12H,13H2,(H,27,29)(H,28,30). The number of rotatable bonds is 5. The Labute approximate surface area is 192 Å². The second-order valence-electron chi connectivity index (χ2n) is 7.38. The fourth-order valence-corrected chi connectivity index (χ4v) is 4.37. The van der Waals surface area contributed by atoms with Crippen LogP contribution in [0.4, 0.5) is 10.1 Å². The van der Waals surface area contributed by atoms with Gasteiger partial charge in [-0.05, 0) is 35.9 Å². The molecule has 6 nitrogen and oxygen atoms in total. The van der Waals surface area contributed by atoms with Crippen molar-refractivity contribution in [3.8, 4) is 11.3 Å². The molecule has 1 amide bonds. The summed E-state index contributed by atoms with van der Waals surface area (Å²) in [4.78, 5) is 45.8. The molecule has 3 aromatic carbocycles. The van der Waals surface area contributed by atoms with Gasteiger partial charge in [0.25, 0.3) is 0 Å². The number of carbonyl (C=O) groups is 3. The van der Waals surface area contributed by atoms with Gasteiger partial charge < -0.3 is 10.3 Å². The first kappa shape index (κ1) is 20.8. The second-order valence-corrected chi connectivity index (χ2v) is 8.34. The van der Waals surface area contributed by atoms with Crippen molar-refractivity contribution in [3.05, 3.63) is 101 Å². The minimum Gasteiger partial charge on any atom is -0.333 e. The number of aromatic amines is 1. The number of benzene rings is 3. The van der Waals surface area contributed by atoms with Crippen LogP contribution in [0.25, 0.3) is 11.3 Å². The third-order valence-electron chi connectivity index (χ3n) is 5.27. The van der Waals surface area contributed by atoms with Crippen LogP contribution >= 0.6 is 11.8 Å². The minimum atomic E-state index is -0.341. The highest BCUT2D eigenvalue weighted by Crippen LogP contribution is 2.32. The van der Waals surface area contributed by atoms with Gasteiger partial charge in [0.2, 0.25) is 5.91 Å². The van der Waals surface area contributed by atoms with E-state index in [1.165, 1.54) is 23.9 Å². The number of amides is 1. The Morgan fingerprint density at radius 2 is 1.61 bits per heavy atom. The van der Waals surface area contributed by atoms with Crippen molar-refractivity contribution in [2.75, 3.05) is 11.1 Å². The van der Waals surface area contributed by atoms with E-state index in [4.69, 9.17) is 0 Å². The van der Waals surface area contributed by atoms with Gasteiger partial charge in [0.05, 0.1) is 28.9 Å². The van der Waals surface area contributed by atoms with Crippen LogP contribution < -0.4 is 5.32 Å². The predicted octanol–water partition coefficient (Wildman–Crippen LogP) is 4.72. The van der Waals surface area contributed by atoms with Crippen molar-refractivity contribution in [2.24, 2.45) is 0 Å². The summed E-state index contributed by atoms with van der Waals surface area (Å²) >= 11 is 1.19. The molecule has 1 aliphatic carbocycles. The average Bonchev–Trinajstić information content (AvgIpc) is 3.31. The monoisotopic (exact) mass is 457 g/mol. The fraction of sp³-hybridized carbons (Fsp3) is 0.0400. The van der Waals surface area contributed by atoms with E-state index in [1.54, 1.807) is 60.8 Å². The number of halogens is 1. The zero-order valence-electron chi connectivity index (χ0n) is 17.1. The summed E-state index contributed by atoms with van der Waals surface area (Å²) in [6, 6.07) is 17.5. The molecule has 162 valence electrons. The zero-order chi connectivity index (χ0) is 22.9. The summed E-state index contributed by atoms with van der Waals surface area (Å²) in [5.74, 6) is -1.16. The van der Waals surface area contributed by atoms with Crippen LogP contribution in [0.2, 0.25) is 0 Å². The normalized spacial score (nSPS) is 12.3. The molecule has 8 heteroatoms. The second kappa shape index (κ2) is 8.48. The molecule has 1 heterocycles. The number of thioether (sulfide) groups is 1. The van der Waals surface area contributed by atoms with E-state index < -0.39 is 0 Å². The van der Waals surface area contributed by atoms with Crippen LogP contribution in [0.15, 0.2) is 78.1 Å². The van der Waals surface area contributed by atoms with Crippen molar-refractivity contribution < 1.29 is 18.8 Å². The van der Waals surface area contributed by atoms with Crippen molar-refractivity contribution in [3.63, 3.8) is 0 Å². The molecule has 1 aromatic heterocycles. The number of anilines is 1. The molecule has 33 heavy (non-hydrogen) atoms. The van der Waals surface area contributed by atoms with Gasteiger partial charge in [0, 0.05) is 16.7 Å². The van der Waals surface area contributed by atoms with Crippen LogP contribution in [0.3, 0.4) is 0 Å². The SMILES string of the molecule is O=C(CSc1ncc(-c2ccc(F)cc2)[nH]1)Nc1cccc2c1C(=O)c1ccccc1C2=O. The number of ketones is 2. The summed E-state index contributed by atoms with van der Waals surface area (Å²) in [6.07, 6.45) is 1.61. The van der Waals surface area contributed by atoms with Crippen LogP contribution in [-0.2, 0) is 4.79 Å². The maximum atomic E-state index is 13.1. The number of imidazole rings is 1. The Kier molecular flexibility index (Phi) is 5.35. The van der Waals surface area contributed by atoms with Gasteiger partial charge >= 0.3 is 0 Å². The Balaban J connectivity index is 1.30. The largest absolute Gasteiger partial charge is 0.333 e. The van der Waals surface area contributed by atoms with Gasteiger partial charge in [-0.3, -0.25) is 14.4 Å². The van der Waals surface area contributed by atoms with Crippen molar-refractivity contribution in [1.29, 1.82) is 0 Å². The average molecular weight is 457 g/mol. The lowest BCUT2D eigenvalue weighted by atomic mass is 9.83. The molecule has 0 spiro atoms. The molecular formula is C25H16FN3O3S. The van der Waals surface area contributed by atoms with E-state index in [1.807, 2.05) is 0 Å². The zero-order valence-corrected chi connectivity index (χ0v) is 17.9. The number of fused-ring (bicyclic) bond motifs is 2. The molecule has 0 aliphatic heterocycles. The Bertz CT molecular complexity index is 1410. The lowest BCUT2D eigenvalue weighted by Gasteiger charge is -2.20. The van der Waals surface area contributed by atoms with Gasteiger partial charge in [-0.1, -0.05) is 48.2 Å². The van der Waals surface area contributed by atoms with Gasteiger partial charge in [0.1, 0.15) is 5.82 Å². The van der Waals surface area contributed by atoms with E-state index in [9.17, 15) is 18.8 Å².